The molecule has 1 aliphatic heterocycles. The van der Waals surface area contributed by atoms with Crippen molar-refractivity contribution in [3.05, 3.63) is 35.9 Å². The number of amides is 1. The van der Waals surface area contributed by atoms with Crippen LogP contribution in [0.4, 0.5) is 4.79 Å². The highest BCUT2D eigenvalue weighted by Crippen LogP contribution is 2.45. The number of carbonyl (C=O) groups is 1. The molecule has 1 saturated heterocycles. The third-order valence-corrected chi connectivity index (χ3v) is 4.40. The first-order valence-corrected chi connectivity index (χ1v) is 6.84. The van der Waals surface area contributed by atoms with Crippen LogP contribution in [0.25, 0.3) is 0 Å². The highest BCUT2D eigenvalue weighted by Gasteiger charge is 2.48. The van der Waals surface area contributed by atoms with E-state index in [0.29, 0.717) is 24.4 Å². The molecule has 3 atom stereocenters. The molecule has 4 heteroatoms. The Bertz CT molecular complexity index is 448. The van der Waals surface area contributed by atoms with Gasteiger partial charge in [0.1, 0.15) is 6.61 Å². The van der Waals surface area contributed by atoms with Crippen molar-refractivity contribution in [1.29, 1.82) is 0 Å². The SMILES string of the molecule is O=C(OCc1ccccc1)N1C[C@H]2C[C@H](CO)[C@H]2C1. The van der Waals surface area contributed by atoms with E-state index in [1.165, 1.54) is 0 Å². The fourth-order valence-electron chi connectivity index (χ4n) is 3.22. The summed E-state index contributed by atoms with van der Waals surface area (Å²) in [6, 6.07) is 9.71. The number of hydrogen-bond donors (Lipinski definition) is 1. The van der Waals surface area contributed by atoms with Gasteiger partial charge < -0.3 is 14.7 Å². The molecule has 0 radical (unpaired) electrons. The second-order valence-electron chi connectivity index (χ2n) is 5.55. The van der Waals surface area contributed by atoms with Crippen molar-refractivity contribution < 1.29 is 14.6 Å². The highest BCUT2D eigenvalue weighted by atomic mass is 16.6. The molecule has 1 heterocycles. The number of likely N-dealkylation sites (tertiary alicyclic amines) is 1. The summed E-state index contributed by atoms with van der Waals surface area (Å²) in [7, 11) is 0. The summed E-state index contributed by atoms with van der Waals surface area (Å²) < 4.78 is 5.33. The van der Waals surface area contributed by atoms with Gasteiger partial charge in [-0.3, -0.25) is 0 Å². The first-order chi connectivity index (χ1) is 9.28. The van der Waals surface area contributed by atoms with Crippen LogP contribution < -0.4 is 0 Å². The first kappa shape index (κ1) is 12.5. The predicted octanol–water partition coefficient (Wildman–Crippen LogP) is 1.88. The van der Waals surface area contributed by atoms with Crippen molar-refractivity contribution in [3.63, 3.8) is 0 Å². The second-order valence-corrected chi connectivity index (χ2v) is 5.55. The smallest absolute Gasteiger partial charge is 0.410 e. The second kappa shape index (κ2) is 5.21. The van der Waals surface area contributed by atoms with Gasteiger partial charge in [0.05, 0.1) is 0 Å². The minimum absolute atomic E-state index is 0.227. The first-order valence-electron chi connectivity index (χ1n) is 6.84. The molecule has 1 saturated carbocycles. The summed E-state index contributed by atoms with van der Waals surface area (Å²) in [4.78, 5) is 13.8. The summed E-state index contributed by atoms with van der Waals surface area (Å²) in [6.45, 7) is 2.10. The van der Waals surface area contributed by atoms with Crippen molar-refractivity contribution in [2.75, 3.05) is 19.7 Å². The Morgan fingerprint density at radius 3 is 2.84 bits per heavy atom. The molecular formula is C15H19NO3. The van der Waals surface area contributed by atoms with E-state index in [2.05, 4.69) is 0 Å². The van der Waals surface area contributed by atoms with Crippen LogP contribution in [0.15, 0.2) is 30.3 Å². The number of rotatable bonds is 3. The van der Waals surface area contributed by atoms with Crippen LogP contribution in [0.1, 0.15) is 12.0 Å². The number of ether oxygens (including phenoxy) is 1. The van der Waals surface area contributed by atoms with Crippen molar-refractivity contribution in [2.24, 2.45) is 17.8 Å². The van der Waals surface area contributed by atoms with Gasteiger partial charge in [-0.15, -0.1) is 0 Å². The standard InChI is InChI=1S/C15H19NO3/c17-9-13-6-12-7-16(8-14(12)13)15(18)19-10-11-4-2-1-3-5-11/h1-5,12-14,17H,6-10H2/t12-,13-,14+/m1/s1. The maximum atomic E-state index is 12.0. The Labute approximate surface area is 113 Å². The molecule has 2 aliphatic rings. The van der Waals surface area contributed by atoms with Crippen LogP contribution in [-0.2, 0) is 11.3 Å². The minimum Gasteiger partial charge on any atom is -0.445 e. The van der Waals surface area contributed by atoms with Gasteiger partial charge in [0, 0.05) is 19.7 Å². The number of aliphatic hydroxyl groups is 1. The molecule has 3 rings (SSSR count). The number of benzene rings is 1. The molecule has 19 heavy (non-hydrogen) atoms. The lowest BCUT2D eigenvalue weighted by Crippen LogP contribution is -2.37. The molecule has 1 aromatic carbocycles. The monoisotopic (exact) mass is 261 g/mol. The number of nitrogens with zero attached hydrogens (tertiary/aromatic N) is 1. The molecule has 0 spiro atoms. The van der Waals surface area contributed by atoms with E-state index in [0.717, 1.165) is 25.1 Å². The maximum Gasteiger partial charge on any atom is 0.410 e. The largest absolute Gasteiger partial charge is 0.445 e. The van der Waals surface area contributed by atoms with E-state index >= 15 is 0 Å². The summed E-state index contributed by atoms with van der Waals surface area (Å²) in [5, 5.41) is 9.18. The lowest BCUT2D eigenvalue weighted by molar-refractivity contribution is 0.0574. The molecule has 0 unspecified atom stereocenters. The van der Waals surface area contributed by atoms with Crippen LogP contribution in [0.2, 0.25) is 0 Å². The topological polar surface area (TPSA) is 49.8 Å². The molecule has 1 amide bonds. The summed E-state index contributed by atoms with van der Waals surface area (Å²) in [6.07, 6.45) is 0.818. The molecule has 2 fully saturated rings. The Hall–Kier alpha value is -1.55. The molecule has 102 valence electrons. The average Bonchev–Trinajstić information content (AvgIpc) is 2.76. The van der Waals surface area contributed by atoms with E-state index in [1.807, 2.05) is 30.3 Å². The van der Waals surface area contributed by atoms with E-state index < -0.39 is 0 Å². The fraction of sp³-hybridized carbons (Fsp3) is 0.533. The van der Waals surface area contributed by atoms with Crippen LogP contribution in [0.5, 0.6) is 0 Å². The van der Waals surface area contributed by atoms with Gasteiger partial charge in [-0.05, 0) is 29.7 Å². The number of fused-ring (bicyclic) bond motifs is 1. The molecule has 1 aliphatic carbocycles. The Morgan fingerprint density at radius 1 is 1.32 bits per heavy atom. The zero-order valence-corrected chi connectivity index (χ0v) is 10.9. The van der Waals surface area contributed by atoms with Crippen LogP contribution in [0, 0.1) is 17.8 Å². The van der Waals surface area contributed by atoms with Gasteiger partial charge in [0.15, 0.2) is 0 Å². The zero-order chi connectivity index (χ0) is 13.2. The van der Waals surface area contributed by atoms with Gasteiger partial charge >= 0.3 is 6.09 Å². The van der Waals surface area contributed by atoms with E-state index in [1.54, 1.807) is 4.90 Å². The van der Waals surface area contributed by atoms with Crippen molar-refractivity contribution in [2.45, 2.75) is 13.0 Å². The molecule has 0 aromatic heterocycles. The summed E-state index contributed by atoms with van der Waals surface area (Å²) >= 11 is 0. The highest BCUT2D eigenvalue weighted by molar-refractivity contribution is 5.68. The molecule has 1 aromatic rings. The van der Waals surface area contributed by atoms with Crippen molar-refractivity contribution >= 4 is 6.09 Å². The zero-order valence-electron chi connectivity index (χ0n) is 10.9. The molecule has 4 nitrogen and oxygen atoms in total. The van der Waals surface area contributed by atoms with Gasteiger partial charge in [-0.25, -0.2) is 4.79 Å². The van der Waals surface area contributed by atoms with Crippen LogP contribution >= 0.6 is 0 Å². The van der Waals surface area contributed by atoms with E-state index in [9.17, 15) is 9.90 Å². The summed E-state index contributed by atoms with van der Waals surface area (Å²) in [5.41, 5.74) is 1.01. The van der Waals surface area contributed by atoms with E-state index in [-0.39, 0.29) is 12.7 Å². The van der Waals surface area contributed by atoms with Gasteiger partial charge in [-0.1, -0.05) is 30.3 Å². The van der Waals surface area contributed by atoms with Crippen molar-refractivity contribution in [3.8, 4) is 0 Å². The maximum absolute atomic E-state index is 12.0. The average molecular weight is 261 g/mol. The Kier molecular flexibility index (Phi) is 3.42. The van der Waals surface area contributed by atoms with Crippen molar-refractivity contribution in [1.82, 2.24) is 4.90 Å². The molecule has 1 N–H and O–H groups in total. The van der Waals surface area contributed by atoms with Crippen LogP contribution in [-0.4, -0.2) is 35.8 Å². The minimum atomic E-state index is -0.227. The van der Waals surface area contributed by atoms with Gasteiger partial charge in [-0.2, -0.15) is 0 Å². The van der Waals surface area contributed by atoms with E-state index in [4.69, 9.17) is 4.74 Å². The van der Waals surface area contributed by atoms with Gasteiger partial charge in [0.2, 0.25) is 0 Å². The third-order valence-electron chi connectivity index (χ3n) is 4.40. The lowest BCUT2D eigenvalue weighted by Gasteiger charge is -2.37. The number of aliphatic hydroxyl groups excluding tert-OH is 1. The predicted molar refractivity (Wildman–Crippen MR) is 70.4 cm³/mol. The fourth-order valence-corrected chi connectivity index (χ4v) is 3.22. The van der Waals surface area contributed by atoms with Crippen LogP contribution in [0.3, 0.4) is 0 Å². The third kappa shape index (κ3) is 2.45. The Morgan fingerprint density at radius 2 is 2.11 bits per heavy atom. The Balaban J connectivity index is 1.49. The molecular weight excluding hydrogens is 242 g/mol. The lowest BCUT2D eigenvalue weighted by atomic mass is 9.67. The number of hydrogen-bond acceptors (Lipinski definition) is 3. The molecule has 0 bridgehead atoms. The number of carbonyl (C=O) groups excluding carboxylic acids is 1. The quantitative estimate of drug-likeness (QED) is 0.904. The normalized spacial score (nSPS) is 28.7. The summed E-state index contributed by atoms with van der Waals surface area (Å²) in [5.74, 6) is 1.44. The van der Waals surface area contributed by atoms with Gasteiger partial charge in [0.25, 0.3) is 0 Å².